The van der Waals surface area contributed by atoms with Gasteiger partial charge in [-0.2, -0.15) is 5.10 Å². The van der Waals surface area contributed by atoms with Crippen molar-refractivity contribution in [1.82, 2.24) is 19.9 Å². The van der Waals surface area contributed by atoms with Crippen LogP contribution in [0.2, 0.25) is 5.02 Å². The Kier molecular flexibility index (Phi) is 6.45. The Morgan fingerprint density at radius 3 is 2.74 bits per heavy atom. The first-order valence-corrected chi connectivity index (χ1v) is 11.8. The van der Waals surface area contributed by atoms with Crippen LogP contribution in [0.15, 0.2) is 67.0 Å². The Morgan fingerprint density at radius 2 is 1.94 bits per heavy atom. The molecule has 174 valence electrons. The summed E-state index contributed by atoms with van der Waals surface area (Å²) in [5.74, 6) is 0.509. The molecule has 0 spiro atoms. The minimum absolute atomic E-state index is 0.0751. The molecule has 1 N–H and O–H groups in total. The first-order chi connectivity index (χ1) is 16.6. The SMILES string of the molecule is O=C(NCCc1ccc(Cl)cc1)[C@H]1CCCN(c2nccn3nc(-c4ccc(F)cc4)cc23)C1. The van der Waals surface area contributed by atoms with E-state index in [1.807, 2.05) is 30.3 Å². The topological polar surface area (TPSA) is 62.5 Å². The molecule has 6 nitrogen and oxygen atoms in total. The predicted molar refractivity (Wildman–Crippen MR) is 131 cm³/mol. The molecule has 0 bridgehead atoms. The van der Waals surface area contributed by atoms with Crippen molar-refractivity contribution < 1.29 is 9.18 Å². The number of piperidine rings is 1. The molecule has 5 rings (SSSR count). The maximum atomic E-state index is 13.3. The normalized spacial score (nSPS) is 16.1. The zero-order chi connectivity index (χ0) is 23.5. The minimum atomic E-state index is -0.277. The molecule has 1 amide bonds. The van der Waals surface area contributed by atoms with Crippen molar-refractivity contribution in [3.05, 3.63) is 83.4 Å². The van der Waals surface area contributed by atoms with E-state index in [0.29, 0.717) is 18.1 Å². The Labute approximate surface area is 202 Å². The lowest BCUT2D eigenvalue weighted by Crippen LogP contribution is -2.44. The summed E-state index contributed by atoms with van der Waals surface area (Å²) >= 11 is 5.94. The highest BCUT2D eigenvalue weighted by Gasteiger charge is 2.27. The van der Waals surface area contributed by atoms with E-state index in [9.17, 15) is 9.18 Å². The van der Waals surface area contributed by atoms with Crippen molar-refractivity contribution in [3.8, 4) is 11.3 Å². The summed E-state index contributed by atoms with van der Waals surface area (Å²) in [5, 5.41) is 8.43. The lowest BCUT2D eigenvalue weighted by molar-refractivity contribution is -0.125. The molecule has 1 saturated heterocycles. The van der Waals surface area contributed by atoms with E-state index in [2.05, 4.69) is 20.3 Å². The van der Waals surface area contributed by atoms with E-state index < -0.39 is 0 Å². The molecule has 0 radical (unpaired) electrons. The minimum Gasteiger partial charge on any atom is -0.355 e. The quantitative estimate of drug-likeness (QED) is 0.435. The molecule has 2 aromatic carbocycles. The molecule has 0 aliphatic carbocycles. The van der Waals surface area contributed by atoms with Gasteiger partial charge in [-0.1, -0.05) is 23.7 Å². The number of nitrogens with zero attached hydrogens (tertiary/aromatic N) is 4. The zero-order valence-corrected chi connectivity index (χ0v) is 19.4. The predicted octanol–water partition coefficient (Wildman–Crippen LogP) is 4.76. The van der Waals surface area contributed by atoms with Gasteiger partial charge in [-0.25, -0.2) is 13.9 Å². The van der Waals surface area contributed by atoms with Crippen LogP contribution in [0.25, 0.3) is 16.8 Å². The molecule has 1 aliphatic rings. The average Bonchev–Trinajstić information content (AvgIpc) is 3.30. The van der Waals surface area contributed by atoms with Gasteiger partial charge in [-0.3, -0.25) is 4.79 Å². The number of carbonyl (C=O) groups is 1. The number of benzene rings is 2. The van der Waals surface area contributed by atoms with Crippen molar-refractivity contribution in [3.63, 3.8) is 0 Å². The molecule has 2 aromatic heterocycles. The summed E-state index contributed by atoms with van der Waals surface area (Å²) in [6.07, 6.45) is 6.06. The molecule has 1 atom stereocenters. The summed E-state index contributed by atoms with van der Waals surface area (Å²) in [7, 11) is 0. The van der Waals surface area contributed by atoms with Gasteiger partial charge < -0.3 is 10.2 Å². The first kappa shape index (κ1) is 22.3. The van der Waals surface area contributed by atoms with Gasteiger partial charge in [-0.15, -0.1) is 0 Å². The number of nitrogens with one attached hydrogen (secondary N) is 1. The zero-order valence-electron chi connectivity index (χ0n) is 18.6. The highest BCUT2D eigenvalue weighted by atomic mass is 35.5. The standard InChI is InChI=1S/C26H25ClFN5O/c27-21-7-3-18(4-8-21)11-12-30-26(34)20-2-1-14-32(17-20)25-24-16-23(31-33(24)15-13-29-25)19-5-9-22(28)10-6-19/h3-10,13,15-16,20H,1-2,11-12,14,17H2,(H,30,34)/t20-/m0/s1. The van der Waals surface area contributed by atoms with Gasteiger partial charge in [0, 0.05) is 42.6 Å². The number of amides is 1. The van der Waals surface area contributed by atoms with Gasteiger partial charge in [0.2, 0.25) is 5.91 Å². The molecule has 1 aliphatic heterocycles. The van der Waals surface area contributed by atoms with Crippen LogP contribution in [-0.2, 0) is 11.2 Å². The molecule has 4 aromatic rings. The van der Waals surface area contributed by atoms with Crippen molar-refractivity contribution in [2.45, 2.75) is 19.3 Å². The summed E-state index contributed by atoms with van der Waals surface area (Å²) in [5.41, 5.74) is 3.60. The second-order valence-electron chi connectivity index (χ2n) is 8.57. The van der Waals surface area contributed by atoms with E-state index in [1.54, 1.807) is 29.0 Å². The maximum absolute atomic E-state index is 13.3. The number of carbonyl (C=O) groups excluding carboxylic acids is 1. The van der Waals surface area contributed by atoms with E-state index in [0.717, 1.165) is 54.0 Å². The van der Waals surface area contributed by atoms with Crippen LogP contribution in [0.4, 0.5) is 10.2 Å². The number of halogens is 2. The molecular weight excluding hydrogens is 453 g/mol. The fourth-order valence-corrected chi connectivity index (χ4v) is 4.55. The van der Waals surface area contributed by atoms with Crippen molar-refractivity contribution in [2.24, 2.45) is 5.92 Å². The smallest absolute Gasteiger partial charge is 0.224 e. The van der Waals surface area contributed by atoms with Crippen LogP contribution in [0.5, 0.6) is 0 Å². The van der Waals surface area contributed by atoms with Gasteiger partial charge in [0.25, 0.3) is 0 Å². The number of aromatic nitrogens is 3. The van der Waals surface area contributed by atoms with E-state index in [4.69, 9.17) is 11.6 Å². The summed E-state index contributed by atoms with van der Waals surface area (Å²) in [6.45, 7) is 2.03. The molecule has 0 saturated carbocycles. The maximum Gasteiger partial charge on any atom is 0.224 e. The van der Waals surface area contributed by atoms with Crippen molar-refractivity contribution in [2.75, 3.05) is 24.5 Å². The molecule has 34 heavy (non-hydrogen) atoms. The van der Waals surface area contributed by atoms with Crippen molar-refractivity contribution >= 4 is 28.8 Å². The number of fused-ring (bicyclic) bond motifs is 1. The average molecular weight is 478 g/mol. The van der Waals surface area contributed by atoms with Crippen molar-refractivity contribution in [1.29, 1.82) is 0 Å². The van der Waals surface area contributed by atoms with E-state index in [-0.39, 0.29) is 17.6 Å². The highest BCUT2D eigenvalue weighted by Crippen LogP contribution is 2.28. The fourth-order valence-electron chi connectivity index (χ4n) is 4.42. The van der Waals surface area contributed by atoms with Gasteiger partial charge in [-0.05, 0) is 67.3 Å². The molecule has 1 fully saturated rings. The van der Waals surface area contributed by atoms with Crippen LogP contribution in [-0.4, -0.2) is 40.1 Å². The molecule has 3 heterocycles. The van der Waals surface area contributed by atoms with Gasteiger partial charge in [0.15, 0.2) is 5.82 Å². The summed E-state index contributed by atoms with van der Waals surface area (Å²) in [4.78, 5) is 19.7. The Hall–Kier alpha value is -3.45. The molecule has 8 heteroatoms. The van der Waals surface area contributed by atoms with Gasteiger partial charge >= 0.3 is 0 Å². The number of rotatable bonds is 6. The van der Waals surface area contributed by atoms with Crippen LogP contribution < -0.4 is 10.2 Å². The number of hydrogen-bond donors (Lipinski definition) is 1. The Morgan fingerprint density at radius 1 is 1.15 bits per heavy atom. The van der Waals surface area contributed by atoms with E-state index in [1.165, 1.54) is 12.1 Å². The Balaban J connectivity index is 1.27. The molecular formula is C26H25ClFN5O. The third-order valence-corrected chi connectivity index (χ3v) is 6.48. The van der Waals surface area contributed by atoms with Crippen LogP contribution in [0, 0.1) is 11.7 Å². The molecule has 0 unspecified atom stereocenters. The monoisotopic (exact) mass is 477 g/mol. The first-order valence-electron chi connectivity index (χ1n) is 11.4. The van der Waals surface area contributed by atoms with Crippen LogP contribution >= 0.6 is 11.6 Å². The number of hydrogen-bond acceptors (Lipinski definition) is 4. The largest absolute Gasteiger partial charge is 0.355 e. The van der Waals surface area contributed by atoms with Gasteiger partial charge in [0.05, 0.1) is 11.6 Å². The van der Waals surface area contributed by atoms with Gasteiger partial charge in [0.1, 0.15) is 11.3 Å². The third kappa shape index (κ3) is 4.89. The second kappa shape index (κ2) is 9.81. The second-order valence-corrected chi connectivity index (χ2v) is 9.01. The summed E-state index contributed by atoms with van der Waals surface area (Å²) < 4.78 is 15.1. The van der Waals surface area contributed by atoms with Crippen LogP contribution in [0.1, 0.15) is 18.4 Å². The fraction of sp³-hybridized carbons (Fsp3) is 0.269. The highest BCUT2D eigenvalue weighted by molar-refractivity contribution is 6.30. The third-order valence-electron chi connectivity index (χ3n) is 6.23. The summed E-state index contributed by atoms with van der Waals surface area (Å²) in [6, 6.07) is 15.9. The Bertz CT molecular complexity index is 1290. The van der Waals surface area contributed by atoms with E-state index >= 15 is 0 Å². The van der Waals surface area contributed by atoms with Crippen LogP contribution in [0.3, 0.4) is 0 Å². The lowest BCUT2D eigenvalue weighted by atomic mass is 9.97. The lowest BCUT2D eigenvalue weighted by Gasteiger charge is -2.33. The number of anilines is 1.